The van der Waals surface area contributed by atoms with Crippen LogP contribution in [-0.4, -0.2) is 12.5 Å². The van der Waals surface area contributed by atoms with E-state index < -0.39 is 0 Å². The summed E-state index contributed by atoms with van der Waals surface area (Å²) >= 11 is 7.38. The Bertz CT molecular complexity index is 574. The molecule has 0 saturated heterocycles. The largest absolute Gasteiger partial charge is 0.348 e. The average Bonchev–Trinajstić information content (AvgIpc) is 2.87. The molecule has 0 fully saturated rings. The summed E-state index contributed by atoms with van der Waals surface area (Å²) in [6, 6.07) is 13.3. The molecule has 0 bridgehead atoms. The maximum absolute atomic E-state index is 12.3. The average molecular weight is 345 g/mol. The molecule has 1 aromatic heterocycles. The first kappa shape index (κ1) is 18.0. The van der Waals surface area contributed by atoms with Gasteiger partial charge in [-0.15, -0.1) is 23.7 Å². The highest BCUT2D eigenvalue weighted by molar-refractivity contribution is 7.16. The number of hydrogen-bond acceptors (Lipinski definition) is 3. The maximum atomic E-state index is 12.3. The number of thiophene rings is 1. The van der Waals surface area contributed by atoms with Gasteiger partial charge in [0.25, 0.3) is 0 Å². The van der Waals surface area contributed by atoms with Crippen molar-refractivity contribution >= 4 is 41.3 Å². The smallest absolute Gasteiger partial charge is 0.229 e. The summed E-state index contributed by atoms with van der Waals surface area (Å²) in [5.74, 6) is -0.384. The molecule has 0 aliphatic heterocycles. The van der Waals surface area contributed by atoms with Crippen LogP contribution in [0.3, 0.4) is 0 Å². The molecule has 0 spiro atoms. The molecule has 2 unspecified atom stereocenters. The van der Waals surface area contributed by atoms with E-state index >= 15 is 0 Å². The van der Waals surface area contributed by atoms with Gasteiger partial charge >= 0.3 is 0 Å². The number of benzene rings is 1. The van der Waals surface area contributed by atoms with Crippen molar-refractivity contribution in [3.8, 4) is 0 Å². The number of nitrogens with one attached hydrogen (secondary N) is 1. The minimum atomic E-state index is -0.325. The molecule has 3 nitrogen and oxygen atoms in total. The fourth-order valence-corrected chi connectivity index (χ4v) is 3.09. The topological polar surface area (TPSA) is 55.1 Å². The molecular weight excluding hydrogens is 327 g/mol. The summed E-state index contributed by atoms with van der Waals surface area (Å²) in [6.45, 7) is 2.23. The van der Waals surface area contributed by atoms with Crippen LogP contribution < -0.4 is 11.1 Å². The second-order valence-electron chi connectivity index (χ2n) is 4.57. The van der Waals surface area contributed by atoms with Gasteiger partial charge in [0.15, 0.2) is 0 Å². The van der Waals surface area contributed by atoms with Crippen LogP contribution in [0.1, 0.15) is 29.3 Å². The van der Waals surface area contributed by atoms with Crippen LogP contribution >= 0.6 is 35.3 Å². The molecule has 114 valence electrons. The van der Waals surface area contributed by atoms with Gasteiger partial charge in [-0.25, -0.2) is 0 Å². The van der Waals surface area contributed by atoms with E-state index in [0.29, 0.717) is 0 Å². The Labute approximate surface area is 139 Å². The van der Waals surface area contributed by atoms with Crippen LogP contribution in [0.5, 0.6) is 0 Å². The molecule has 1 heterocycles. The van der Waals surface area contributed by atoms with E-state index in [2.05, 4.69) is 5.32 Å². The molecule has 3 N–H and O–H groups in total. The first-order valence-corrected chi connectivity index (χ1v) is 7.62. The van der Waals surface area contributed by atoms with Crippen molar-refractivity contribution in [2.24, 2.45) is 5.73 Å². The van der Waals surface area contributed by atoms with Crippen molar-refractivity contribution in [2.75, 3.05) is 6.54 Å². The van der Waals surface area contributed by atoms with Crippen molar-refractivity contribution in [2.45, 2.75) is 18.9 Å². The standard InChI is InChI=1S/C15H17ClN2OS.ClH/c1-10(13-7-8-14(16)20-13)18-15(19)12(9-17)11-5-3-2-4-6-11;/h2-8,10,12H,9,17H2,1H3,(H,18,19);1H. The number of carbonyl (C=O) groups excluding carboxylic acids is 1. The Morgan fingerprint density at radius 3 is 2.48 bits per heavy atom. The first-order valence-electron chi connectivity index (χ1n) is 6.42. The molecule has 0 saturated carbocycles. The van der Waals surface area contributed by atoms with Gasteiger partial charge in [-0.05, 0) is 24.6 Å². The van der Waals surface area contributed by atoms with Crippen molar-refractivity contribution in [3.05, 3.63) is 57.2 Å². The first-order chi connectivity index (χ1) is 9.61. The lowest BCUT2D eigenvalue weighted by Gasteiger charge is -2.18. The quantitative estimate of drug-likeness (QED) is 0.867. The number of carbonyl (C=O) groups is 1. The van der Waals surface area contributed by atoms with E-state index in [1.54, 1.807) is 0 Å². The van der Waals surface area contributed by atoms with E-state index in [-0.39, 0.29) is 36.8 Å². The van der Waals surface area contributed by atoms with Gasteiger partial charge < -0.3 is 11.1 Å². The Balaban J connectivity index is 0.00000220. The number of nitrogens with two attached hydrogens (primary N) is 1. The van der Waals surface area contributed by atoms with Gasteiger partial charge in [0.2, 0.25) is 5.91 Å². The number of amides is 1. The third-order valence-electron chi connectivity index (χ3n) is 3.13. The highest BCUT2D eigenvalue weighted by Crippen LogP contribution is 2.27. The van der Waals surface area contributed by atoms with Crippen LogP contribution in [0.4, 0.5) is 0 Å². The summed E-state index contributed by atoms with van der Waals surface area (Å²) in [7, 11) is 0. The van der Waals surface area contributed by atoms with Gasteiger partial charge in [-0.1, -0.05) is 41.9 Å². The van der Waals surface area contributed by atoms with Crippen LogP contribution in [-0.2, 0) is 4.79 Å². The number of hydrogen-bond donors (Lipinski definition) is 2. The Hall–Kier alpha value is -1.07. The van der Waals surface area contributed by atoms with Gasteiger partial charge in [0.1, 0.15) is 0 Å². The predicted molar refractivity (Wildman–Crippen MR) is 91.4 cm³/mol. The van der Waals surface area contributed by atoms with Crippen molar-refractivity contribution in [3.63, 3.8) is 0 Å². The number of rotatable bonds is 5. The van der Waals surface area contributed by atoms with E-state index in [1.165, 1.54) is 11.3 Å². The Morgan fingerprint density at radius 2 is 1.95 bits per heavy atom. The van der Waals surface area contributed by atoms with E-state index in [9.17, 15) is 4.79 Å². The van der Waals surface area contributed by atoms with Gasteiger partial charge in [0.05, 0.1) is 16.3 Å². The molecular formula is C15H18Cl2N2OS. The summed E-state index contributed by atoms with van der Waals surface area (Å²) < 4.78 is 0.722. The molecule has 6 heteroatoms. The SMILES string of the molecule is CC(NC(=O)C(CN)c1ccccc1)c1ccc(Cl)s1.Cl. The highest BCUT2D eigenvalue weighted by Gasteiger charge is 2.21. The Kier molecular flexibility index (Phi) is 7.18. The molecule has 0 radical (unpaired) electrons. The van der Waals surface area contributed by atoms with Crippen molar-refractivity contribution < 1.29 is 4.79 Å². The molecule has 2 aromatic rings. The molecule has 1 amide bonds. The van der Waals surface area contributed by atoms with E-state index in [4.69, 9.17) is 17.3 Å². The molecule has 2 atom stereocenters. The normalized spacial score (nSPS) is 13.1. The Morgan fingerprint density at radius 1 is 1.29 bits per heavy atom. The van der Waals surface area contributed by atoms with Crippen molar-refractivity contribution in [1.82, 2.24) is 5.32 Å². The fourth-order valence-electron chi connectivity index (χ4n) is 2.03. The summed E-state index contributed by atoms with van der Waals surface area (Å²) in [6.07, 6.45) is 0. The zero-order chi connectivity index (χ0) is 14.5. The molecule has 2 rings (SSSR count). The minimum absolute atomic E-state index is 0. The maximum Gasteiger partial charge on any atom is 0.229 e. The second-order valence-corrected chi connectivity index (χ2v) is 6.32. The minimum Gasteiger partial charge on any atom is -0.348 e. The van der Waals surface area contributed by atoms with Gasteiger partial charge in [-0.3, -0.25) is 4.79 Å². The molecule has 21 heavy (non-hydrogen) atoms. The van der Waals surface area contributed by atoms with E-state index in [0.717, 1.165) is 14.8 Å². The lowest BCUT2D eigenvalue weighted by atomic mass is 9.98. The highest BCUT2D eigenvalue weighted by atomic mass is 35.5. The number of halogens is 2. The van der Waals surface area contributed by atoms with Crippen LogP contribution in [0.2, 0.25) is 4.34 Å². The zero-order valence-electron chi connectivity index (χ0n) is 11.6. The second kappa shape index (κ2) is 8.39. The van der Waals surface area contributed by atoms with Gasteiger partial charge in [0, 0.05) is 11.4 Å². The lowest BCUT2D eigenvalue weighted by Crippen LogP contribution is -2.34. The molecule has 0 aliphatic carbocycles. The van der Waals surface area contributed by atoms with Crippen LogP contribution in [0.25, 0.3) is 0 Å². The summed E-state index contributed by atoms with van der Waals surface area (Å²) in [5, 5.41) is 2.99. The molecule has 1 aromatic carbocycles. The predicted octanol–water partition coefficient (Wildman–Crippen LogP) is 3.74. The lowest BCUT2D eigenvalue weighted by molar-refractivity contribution is -0.123. The third-order valence-corrected chi connectivity index (χ3v) is 4.55. The summed E-state index contributed by atoms with van der Waals surface area (Å²) in [4.78, 5) is 13.4. The third kappa shape index (κ3) is 4.71. The zero-order valence-corrected chi connectivity index (χ0v) is 14.0. The van der Waals surface area contributed by atoms with E-state index in [1.807, 2.05) is 49.4 Å². The van der Waals surface area contributed by atoms with Crippen LogP contribution in [0, 0.1) is 0 Å². The fraction of sp³-hybridized carbons (Fsp3) is 0.267. The summed E-state index contributed by atoms with van der Waals surface area (Å²) in [5.41, 5.74) is 6.68. The monoisotopic (exact) mass is 344 g/mol. The van der Waals surface area contributed by atoms with Crippen molar-refractivity contribution in [1.29, 1.82) is 0 Å². The molecule has 0 aliphatic rings. The van der Waals surface area contributed by atoms with Gasteiger partial charge in [-0.2, -0.15) is 0 Å². The van der Waals surface area contributed by atoms with Crippen LogP contribution in [0.15, 0.2) is 42.5 Å².